The van der Waals surface area contributed by atoms with Crippen molar-refractivity contribution in [3.63, 3.8) is 0 Å². The second-order valence-corrected chi connectivity index (χ2v) is 5.82. The zero-order chi connectivity index (χ0) is 19.3. The summed E-state index contributed by atoms with van der Waals surface area (Å²) in [4.78, 5) is 48.4. The molecule has 0 unspecified atom stereocenters. The van der Waals surface area contributed by atoms with Gasteiger partial charge in [0.25, 0.3) is 5.91 Å². The first kappa shape index (κ1) is 19.2. The molecule has 1 fully saturated rings. The van der Waals surface area contributed by atoms with Gasteiger partial charge in [0.1, 0.15) is 5.75 Å². The van der Waals surface area contributed by atoms with Crippen LogP contribution in [0, 0.1) is 12.8 Å². The SMILES string of the molecule is CNC(=O)NC(=O)COC(=O)[C@@H]1CC(=O)N(c2cc(C)ccc2OC)C1. The van der Waals surface area contributed by atoms with Gasteiger partial charge in [-0.25, -0.2) is 4.79 Å². The van der Waals surface area contributed by atoms with Crippen molar-refractivity contribution in [2.45, 2.75) is 13.3 Å². The van der Waals surface area contributed by atoms with Gasteiger partial charge in [-0.05, 0) is 24.6 Å². The summed E-state index contributed by atoms with van der Waals surface area (Å²) in [7, 11) is 2.86. The number of esters is 1. The van der Waals surface area contributed by atoms with Crippen LogP contribution in [0.2, 0.25) is 0 Å². The van der Waals surface area contributed by atoms with Crippen molar-refractivity contribution in [2.75, 3.05) is 32.2 Å². The van der Waals surface area contributed by atoms with Gasteiger partial charge in [-0.1, -0.05) is 6.07 Å². The van der Waals surface area contributed by atoms with Crippen LogP contribution >= 0.6 is 0 Å². The van der Waals surface area contributed by atoms with E-state index in [-0.39, 0.29) is 18.9 Å². The Morgan fingerprint density at radius 2 is 2.04 bits per heavy atom. The van der Waals surface area contributed by atoms with E-state index in [0.29, 0.717) is 11.4 Å². The maximum atomic E-state index is 12.3. The fourth-order valence-corrected chi connectivity index (χ4v) is 2.59. The Kier molecular flexibility index (Phi) is 6.16. The number of hydrogen-bond acceptors (Lipinski definition) is 6. The fourth-order valence-electron chi connectivity index (χ4n) is 2.59. The lowest BCUT2D eigenvalue weighted by Gasteiger charge is -2.20. The third-order valence-corrected chi connectivity index (χ3v) is 3.91. The van der Waals surface area contributed by atoms with Gasteiger partial charge in [0, 0.05) is 20.0 Å². The van der Waals surface area contributed by atoms with Gasteiger partial charge >= 0.3 is 12.0 Å². The number of carbonyl (C=O) groups excluding carboxylic acids is 4. The number of imide groups is 1. The molecule has 0 radical (unpaired) electrons. The second kappa shape index (κ2) is 8.32. The fraction of sp³-hybridized carbons (Fsp3) is 0.412. The first-order valence-electron chi connectivity index (χ1n) is 7.99. The van der Waals surface area contributed by atoms with E-state index in [1.54, 1.807) is 12.1 Å². The second-order valence-electron chi connectivity index (χ2n) is 5.82. The number of benzene rings is 1. The van der Waals surface area contributed by atoms with Crippen LogP contribution in [-0.4, -0.2) is 51.1 Å². The Hall–Kier alpha value is -3.10. The number of nitrogens with zero attached hydrogens (tertiary/aromatic N) is 1. The third-order valence-electron chi connectivity index (χ3n) is 3.91. The lowest BCUT2D eigenvalue weighted by Crippen LogP contribution is -2.40. The number of hydrogen-bond donors (Lipinski definition) is 2. The highest BCUT2D eigenvalue weighted by molar-refractivity contribution is 6.01. The monoisotopic (exact) mass is 363 g/mol. The van der Waals surface area contributed by atoms with E-state index >= 15 is 0 Å². The number of aryl methyl sites for hydroxylation is 1. The molecule has 1 aliphatic rings. The summed E-state index contributed by atoms with van der Waals surface area (Å²) >= 11 is 0. The maximum absolute atomic E-state index is 12.3. The van der Waals surface area contributed by atoms with Gasteiger partial charge in [-0.15, -0.1) is 0 Å². The molecule has 0 bridgehead atoms. The molecule has 1 atom stereocenters. The zero-order valence-corrected chi connectivity index (χ0v) is 14.8. The average Bonchev–Trinajstić information content (AvgIpc) is 3.01. The van der Waals surface area contributed by atoms with E-state index in [4.69, 9.17) is 9.47 Å². The summed E-state index contributed by atoms with van der Waals surface area (Å²) in [6.07, 6.45) is -0.0208. The molecule has 140 valence electrons. The normalized spacial score (nSPS) is 16.2. The number of carbonyl (C=O) groups is 4. The molecule has 1 aromatic carbocycles. The first-order valence-corrected chi connectivity index (χ1v) is 7.99. The number of urea groups is 1. The van der Waals surface area contributed by atoms with Gasteiger partial charge in [0.15, 0.2) is 6.61 Å². The molecule has 0 spiro atoms. The molecule has 2 rings (SSSR count). The largest absolute Gasteiger partial charge is 0.495 e. The molecule has 9 heteroatoms. The number of anilines is 1. The number of methoxy groups -OCH3 is 1. The highest BCUT2D eigenvalue weighted by Crippen LogP contribution is 2.34. The summed E-state index contributed by atoms with van der Waals surface area (Å²) in [6, 6.07) is 4.73. The highest BCUT2D eigenvalue weighted by atomic mass is 16.5. The van der Waals surface area contributed by atoms with E-state index in [2.05, 4.69) is 5.32 Å². The number of rotatable bonds is 5. The number of nitrogens with one attached hydrogen (secondary N) is 2. The Morgan fingerprint density at radius 3 is 2.69 bits per heavy atom. The van der Waals surface area contributed by atoms with E-state index < -0.39 is 30.4 Å². The van der Waals surface area contributed by atoms with Crippen LogP contribution in [0.3, 0.4) is 0 Å². The molecular formula is C17H21N3O6. The minimum Gasteiger partial charge on any atom is -0.495 e. The van der Waals surface area contributed by atoms with Crippen LogP contribution in [0.5, 0.6) is 5.75 Å². The van der Waals surface area contributed by atoms with Gasteiger partial charge < -0.3 is 19.7 Å². The molecule has 4 amide bonds. The van der Waals surface area contributed by atoms with Crippen LogP contribution in [-0.2, 0) is 19.1 Å². The van der Waals surface area contributed by atoms with Crippen molar-refractivity contribution in [3.8, 4) is 5.75 Å². The Labute approximate surface area is 150 Å². The molecule has 9 nitrogen and oxygen atoms in total. The van der Waals surface area contributed by atoms with Crippen LogP contribution in [0.4, 0.5) is 10.5 Å². The standard InChI is InChI=1S/C17H21N3O6/c1-10-4-5-13(25-3)12(6-10)20-8-11(7-15(20)22)16(23)26-9-14(21)19-17(24)18-2/h4-6,11H,7-9H2,1-3H3,(H2,18,19,21,24)/t11-/m1/s1. The molecule has 1 aliphatic heterocycles. The van der Waals surface area contributed by atoms with E-state index in [1.807, 2.05) is 18.3 Å². The predicted octanol–water partition coefficient (Wildman–Crippen LogP) is 0.355. The molecule has 1 aromatic rings. The van der Waals surface area contributed by atoms with E-state index in [0.717, 1.165) is 5.56 Å². The summed E-state index contributed by atoms with van der Waals surface area (Å²) in [5.41, 5.74) is 1.54. The van der Waals surface area contributed by atoms with Gasteiger partial charge in [-0.3, -0.25) is 19.7 Å². The highest BCUT2D eigenvalue weighted by Gasteiger charge is 2.37. The van der Waals surface area contributed by atoms with Gasteiger partial charge in [-0.2, -0.15) is 0 Å². The van der Waals surface area contributed by atoms with Gasteiger partial charge in [0.2, 0.25) is 5.91 Å². The van der Waals surface area contributed by atoms with Crippen molar-refractivity contribution in [2.24, 2.45) is 5.92 Å². The predicted molar refractivity (Wildman–Crippen MR) is 91.7 cm³/mol. The molecular weight excluding hydrogens is 342 g/mol. The molecule has 1 heterocycles. The quantitative estimate of drug-likeness (QED) is 0.730. The van der Waals surface area contributed by atoms with Crippen molar-refractivity contribution < 1.29 is 28.7 Å². The number of amides is 4. The third kappa shape index (κ3) is 4.50. The maximum Gasteiger partial charge on any atom is 0.321 e. The molecule has 26 heavy (non-hydrogen) atoms. The van der Waals surface area contributed by atoms with E-state index in [9.17, 15) is 19.2 Å². The Morgan fingerprint density at radius 1 is 1.31 bits per heavy atom. The molecule has 0 aromatic heterocycles. The molecule has 0 aliphatic carbocycles. The molecule has 2 N–H and O–H groups in total. The lowest BCUT2D eigenvalue weighted by atomic mass is 10.1. The Bertz CT molecular complexity index is 733. The van der Waals surface area contributed by atoms with Crippen LogP contribution in [0.25, 0.3) is 0 Å². The van der Waals surface area contributed by atoms with Crippen molar-refractivity contribution in [1.82, 2.24) is 10.6 Å². The van der Waals surface area contributed by atoms with E-state index in [1.165, 1.54) is 19.1 Å². The van der Waals surface area contributed by atoms with Crippen molar-refractivity contribution in [3.05, 3.63) is 23.8 Å². The number of ether oxygens (including phenoxy) is 2. The molecule has 1 saturated heterocycles. The van der Waals surface area contributed by atoms with Crippen LogP contribution in [0.1, 0.15) is 12.0 Å². The minimum absolute atomic E-state index is 0.0208. The summed E-state index contributed by atoms with van der Waals surface area (Å²) in [6.45, 7) is 1.43. The summed E-state index contributed by atoms with van der Waals surface area (Å²) < 4.78 is 10.2. The topological polar surface area (TPSA) is 114 Å². The zero-order valence-electron chi connectivity index (χ0n) is 14.8. The lowest BCUT2D eigenvalue weighted by molar-refractivity contribution is -0.152. The van der Waals surface area contributed by atoms with Crippen LogP contribution < -0.4 is 20.3 Å². The Balaban J connectivity index is 1.99. The average molecular weight is 363 g/mol. The minimum atomic E-state index is -0.751. The van der Waals surface area contributed by atoms with Crippen LogP contribution in [0.15, 0.2) is 18.2 Å². The first-order chi connectivity index (χ1) is 12.3. The van der Waals surface area contributed by atoms with Crippen molar-refractivity contribution in [1.29, 1.82) is 0 Å². The summed E-state index contributed by atoms with van der Waals surface area (Å²) in [5, 5.41) is 4.19. The summed E-state index contributed by atoms with van der Waals surface area (Å²) in [5.74, 6) is -1.81. The molecule has 0 saturated carbocycles. The smallest absolute Gasteiger partial charge is 0.321 e. The van der Waals surface area contributed by atoms with Gasteiger partial charge in [0.05, 0.1) is 18.7 Å². The van der Waals surface area contributed by atoms with Crippen molar-refractivity contribution >= 4 is 29.5 Å².